The molecule has 0 aliphatic rings. The number of aliphatic hydroxyl groups excluding tert-OH is 1. The molecule has 0 aliphatic heterocycles. The van der Waals surface area contributed by atoms with Crippen LogP contribution in [0, 0.1) is 11.2 Å². The van der Waals surface area contributed by atoms with Crippen molar-refractivity contribution in [3.8, 4) is 5.97 Å². The van der Waals surface area contributed by atoms with E-state index in [0.29, 0.717) is 19.2 Å². The second-order valence-electron chi connectivity index (χ2n) is 3.13. The maximum atomic E-state index is 10.1. The van der Waals surface area contributed by atoms with Gasteiger partial charge in [-0.05, 0) is 12.7 Å². The number of aliphatic hydroxyl groups is 1. The second-order valence-corrected chi connectivity index (χ2v) is 3.13. The van der Waals surface area contributed by atoms with Gasteiger partial charge in [0.2, 0.25) is 6.41 Å². The summed E-state index contributed by atoms with van der Waals surface area (Å²) in [6.07, 6.45) is 1.01. The van der Waals surface area contributed by atoms with Crippen molar-refractivity contribution in [2.24, 2.45) is 0 Å². The van der Waals surface area contributed by atoms with Crippen molar-refractivity contribution in [3.05, 3.63) is 0 Å². The molecule has 0 bridgehead atoms. The average molecular weight is 182 g/mol. The molecule has 0 spiro atoms. The third kappa shape index (κ3) is 4.53. The fourth-order valence-electron chi connectivity index (χ4n) is 1.17. The maximum absolute atomic E-state index is 10.1. The van der Waals surface area contributed by atoms with Gasteiger partial charge < -0.3 is 10.4 Å². The highest BCUT2D eigenvalue weighted by Crippen LogP contribution is 2.06. The summed E-state index contributed by atoms with van der Waals surface area (Å²) in [5.74, 6) is 2.04. The summed E-state index contributed by atoms with van der Waals surface area (Å²) >= 11 is 0. The van der Waals surface area contributed by atoms with Gasteiger partial charge in [0.25, 0.3) is 6.71 Å². The zero-order chi connectivity index (χ0) is 10.3. The summed E-state index contributed by atoms with van der Waals surface area (Å²) in [6.45, 7) is 3.44. The number of hydrogen-bond donors (Lipinski definition) is 2. The molecule has 2 unspecified atom stereocenters. The highest BCUT2D eigenvalue weighted by atomic mass is 16.3. The monoisotopic (exact) mass is 182 g/mol. The highest BCUT2D eigenvalue weighted by molar-refractivity contribution is 6.65. The van der Waals surface area contributed by atoms with Crippen LogP contribution in [0.3, 0.4) is 0 Å². The normalized spacial score (nSPS) is 14.0. The third-order valence-electron chi connectivity index (χ3n) is 2.00. The molecule has 72 valence electrons. The van der Waals surface area contributed by atoms with Crippen molar-refractivity contribution in [3.63, 3.8) is 0 Å². The standard InChI is InChI=1S/C8H15BN2O2/c1-3-7(11-6-12)8(13)4-9(2)5-10/h6-8,13H,3-4H2,1-2H3,(H,11,12). The van der Waals surface area contributed by atoms with Gasteiger partial charge in [0.15, 0.2) is 0 Å². The van der Waals surface area contributed by atoms with Gasteiger partial charge in [0.1, 0.15) is 0 Å². The summed E-state index contributed by atoms with van der Waals surface area (Å²) in [4.78, 5) is 10.1. The van der Waals surface area contributed by atoms with E-state index in [1.807, 2.05) is 12.9 Å². The molecule has 0 saturated heterocycles. The first-order valence-corrected chi connectivity index (χ1v) is 4.43. The molecule has 0 aromatic rings. The van der Waals surface area contributed by atoms with Crippen LogP contribution >= 0.6 is 0 Å². The summed E-state index contributed by atoms with van der Waals surface area (Å²) in [7, 11) is 0. The summed E-state index contributed by atoms with van der Waals surface area (Å²) in [5, 5.41) is 20.6. The molecule has 0 aromatic carbocycles. The maximum Gasteiger partial charge on any atom is 0.267 e. The molecule has 0 aliphatic carbocycles. The van der Waals surface area contributed by atoms with Gasteiger partial charge >= 0.3 is 0 Å². The van der Waals surface area contributed by atoms with Gasteiger partial charge in [-0.25, -0.2) is 5.26 Å². The Morgan fingerprint density at radius 3 is 2.77 bits per heavy atom. The van der Waals surface area contributed by atoms with Gasteiger partial charge in [0.05, 0.1) is 12.1 Å². The Balaban J connectivity index is 3.98. The van der Waals surface area contributed by atoms with Crippen molar-refractivity contribution < 1.29 is 9.90 Å². The first-order chi connectivity index (χ1) is 6.15. The smallest absolute Gasteiger partial charge is 0.267 e. The molecule has 4 nitrogen and oxygen atoms in total. The topological polar surface area (TPSA) is 73.1 Å². The molecule has 0 saturated carbocycles. The van der Waals surface area contributed by atoms with E-state index in [1.54, 1.807) is 6.82 Å². The minimum Gasteiger partial charge on any atom is -0.392 e. The largest absolute Gasteiger partial charge is 0.392 e. The van der Waals surface area contributed by atoms with Crippen LogP contribution in [-0.2, 0) is 4.79 Å². The molecule has 0 radical (unpaired) electrons. The third-order valence-corrected chi connectivity index (χ3v) is 2.00. The Hall–Kier alpha value is -1.02. The van der Waals surface area contributed by atoms with Crippen molar-refractivity contribution in [1.29, 1.82) is 5.26 Å². The molecule has 0 fully saturated rings. The lowest BCUT2D eigenvalue weighted by Gasteiger charge is -2.20. The van der Waals surface area contributed by atoms with E-state index < -0.39 is 6.10 Å². The summed E-state index contributed by atoms with van der Waals surface area (Å²) < 4.78 is 0. The first-order valence-electron chi connectivity index (χ1n) is 4.43. The number of rotatable bonds is 6. The zero-order valence-corrected chi connectivity index (χ0v) is 8.03. The summed E-state index contributed by atoms with van der Waals surface area (Å²) in [5.41, 5.74) is 0. The minimum atomic E-state index is -0.634. The Morgan fingerprint density at radius 1 is 1.77 bits per heavy atom. The van der Waals surface area contributed by atoms with Gasteiger partial charge in [-0.15, -0.1) is 0 Å². The van der Waals surface area contributed by atoms with E-state index in [9.17, 15) is 9.90 Å². The van der Waals surface area contributed by atoms with E-state index in [2.05, 4.69) is 5.32 Å². The quantitative estimate of drug-likeness (QED) is 0.450. The SMILES string of the molecule is CCC(NC=O)C(O)CB(C)C#N. The van der Waals surface area contributed by atoms with Crippen LogP contribution < -0.4 is 5.32 Å². The van der Waals surface area contributed by atoms with E-state index in [1.165, 1.54) is 0 Å². The van der Waals surface area contributed by atoms with Gasteiger partial charge in [0, 0.05) is 5.97 Å². The van der Waals surface area contributed by atoms with E-state index in [0.717, 1.165) is 0 Å². The van der Waals surface area contributed by atoms with Gasteiger partial charge in [-0.3, -0.25) is 4.79 Å². The molecule has 1 amide bonds. The van der Waals surface area contributed by atoms with E-state index >= 15 is 0 Å². The zero-order valence-electron chi connectivity index (χ0n) is 8.03. The van der Waals surface area contributed by atoms with Crippen LogP contribution in [0.4, 0.5) is 0 Å². The molecule has 2 N–H and O–H groups in total. The molecule has 5 heteroatoms. The number of hydrogen-bond acceptors (Lipinski definition) is 3. The number of amides is 1. The second kappa shape index (κ2) is 6.50. The highest BCUT2D eigenvalue weighted by Gasteiger charge is 2.20. The van der Waals surface area contributed by atoms with Crippen molar-refractivity contribution in [2.45, 2.75) is 38.6 Å². The van der Waals surface area contributed by atoms with Crippen LogP contribution in [0.15, 0.2) is 0 Å². The van der Waals surface area contributed by atoms with E-state index in [4.69, 9.17) is 5.26 Å². The fourth-order valence-corrected chi connectivity index (χ4v) is 1.17. The van der Waals surface area contributed by atoms with Gasteiger partial charge in [-0.2, -0.15) is 0 Å². The molecular weight excluding hydrogens is 167 g/mol. The van der Waals surface area contributed by atoms with Crippen LogP contribution in [0.5, 0.6) is 0 Å². The molecular formula is C8H15BN2O2. The summed E-state index contributed by atoms with van der Waals surface area (Å²) in [6, 6.07) is -0.242. The Labute approximate surface area is 79.0 Å². The Kier molecular flexibility index (Phi) is 5.99. The molecule has 0 rings (SSSR count). The lowest BCUT2D eigenvalue weighted by atomic mass is 9.50. The molecule has 13 heavy (non-hydrogen) atoms. The predicted octanol–water partition coefficient (Wildman–Crippen LogP) is 0.0593. The fraction of sp³-hybridized carbons (Fsp3) is 0.750. The van der Waals surface area contributed by atoms with Gasteiger partial charge in [-0.1, -0.05) is 13.7 Å². The minimum absolute atomic E-state index is 0.183. The lowest BCUT2D eigenvalue weighted by molar-refractivity contribution is -0.110. The van der Waals surface area contributed by atoms with Crippen LogP contribution in [-0.4, -0.2) is 30.4 Å². The number of carbonyl (C=O) groups excluding carboxylic acids is 1. The predicted molar refractivity (Wildman–Crippen MR) is 51.3 cm³/mol. The Bertz CT molecular complexity index is 193. The molecule has 0 aromatic heterocycles. The van der Waals surface area contributed by atoms with Crippen molar-refractivity contribution in [1.82, 2.24) is 5.32 Å². The molecule has 0 heterocycles. The lowest BCUT2D eigenvalue weighted by Crippen LogP contribution is -2.40. The van der Waals surface area contributed by atoms with Crippen LogP contribution in [0.25, 0.3) is 0 Å². The van der Waals surface area contributed by atoms with Crippen molar-refractivity contribution in [2.75, 3.05) is 0 Å². The number of nitrogens with zero attached hydrogens (tertiary/aromatic N) is 1. The average Bonchev–Trinajstić information content (AvgIpc) is 2.13. The van der Waals surface area contributed by atoms with E-state index in [-0.39, 0.29) is 12.8 Å². The number of carbonyl (C=O) groups is 1. The first kappa shape index (κ1) is 12.0. The van der Waals surface area contributed by atoms with Crippen LogP contribution in [0.2, 0.25) is 13.1 Å². The van der Waals surface area contributed by atoms with Crippen molar-refractivity contribution >= 4 is 13.1 Å². The van der Waals surface area contributed by atoms with Crippen LogP contribution in [0.1, 0.15) is 13.3 Å². The number of nitriles is 1. The molecule has 2 atom stereocenters. The Morgan fingerprint density at radius 2 is 2.38 bits per heavy atom. The number of nitrogens with one attached hydrogen (secondary N) is 1.